The Morgan fingerprint density at radius 3 is 2.93 bits per heavy atom. The molecule has 0 aliphatic carbocycles. The van der Waals surface area contributed by atoms with Crippen LogP contribution >= 0.6 is 0 Å². The van der Waals surface area contributed by atoms with Crippen LogP contribution in [0.25, 0.3) is 0 Å². The fraction of sp³-hybridized carbons (Fsp3) is 0.364. The zero-order chi connectivity index (χ0) is 10.2. The highest BCUT2D eigenvalue weighted by Gasteiger charge is 1.93. The lowest BCUT2D eigenvalue weighted by atomic mass is 10.2. The third kappa shape index (κ3) is 3.90. The average molecular weight is 192 g/mol. The molecule has 0 atom stereocenters. The Labute approximate surface area is 83.6 Å². The van der Waals surface area contributed by atoms with Crippen LogP contribution in [-0.2, 0) is 0 Å². The summed E-state index contributed by atoms with van der Waals surface area (Å²) in [5, 5.41) is 3.08. The van der Waals surface area contributed by atoms with Crippen molar-refractivity contribution in [3.05, 3.63) is 24.1 Å². The Morgan fingerprint density at radius 2 is 2.29 bits per heavy atom. The Bertz CT molecular complexity index is 300. The number of aromatic nitrogens is 1. The van der Waals surface area contributed by atoms with Gasteiger partial charge in [0.15, 0.2) is 0 Å². The molecule has 0 aliphatic rings. The molecule has 1 N–H and O–H groups in total. The predicted octanol–water partition coefficient (Wildman–Crippen LogP) is 2.44. The third-order valence-corrected chi connectivity index (χ3v) is 1.78. The number of terminal acetylenes is 1. The van der Waals surface area contributed by atoms with Crippen LogP contribution in [0.4, 0.5) is 10.2 Å². The first-order valence-corrected chi connectivity index (χ1v) is 4.62. The quantitative estimate of drug-likeness (QED) is 0.572. The van der Waals surface area contributed by atoms with Gasteiger partial charge in [-0.05, 0) is 25.0 Å². The Morgan fingerprint density at radius 1 is 1.43 bits per heavy atom. The number of halogens is 1. The summed E-state index contributed by atoms with van der Waals surface area (Å²) in [6, 6.07) is 3.01. The molecular weight excluding hydrogens is 179 g/mol. The summed E-state index contributed by atoms with van der Waals surface area (Å²) < 4.78 is 12.5. The first-order chi connectivity index (χ1) is 6.83. The number of anilines is 1. The van der Waals surface area contributed by atoms with Gasteiger partial charge in [0.1, 0.15) is 11.6 Å². The molecule has 0 saturated carbocycles. The molecule has 0 radical (unpaired) electrons. The van der Waals surface area contributed by atoms with Crippen molar-refractivity contribution >= 4 is 5.82 Å². The second-order valence-electron chi connectivity index (χ2n) is 2.95. The van der Waals surface area contributed by atoms with Crippen LogP contribution < -0.4 is 5.32 Å². The highest BCUT2D eigenvalue weighted by molar-refractivity contribution is 5.33. The third-order valence-electron chi connectivity index (χ3n) is 1.78. The molecule has 3 heteroatoms. The van der Waals surface area contributed by atoms with Crippen LogP contribution in [0.5, 0.6) is 0 Å². The lowest BCUT2D eigenvalue weighted by Crippen LogP contribution is -2.02. The van der Waals surface area contributed by atoms with E-state index in [4.69, 9.17) is 6.42 Å². The van der Waals surface area contributed by atoms with Crippen LogP contribution in [0.3, 0.4) is 0 Å². The van der Waals surface area contributed by atoms with Crippen LogP contribution in [0.15, 0.2) is 18.3 Å². The maximum Gasteiger partial charge on any atom is 0.141 e. The minimum atomic E-state index is -0.317. The molecular formula is C11H13FN2. The van der Waals surface area contributed by atoms with E-state index in [1.807, 2.05) is 0 Å². The molecule has 0 aromatic carbocycles. The molecule has 0 fully saturated rings. The Kier molecular flexibility index (Phi) is 4.49. The van der Waals surface area contributed by atoms with Crippen molar-refractivity contribution in [2.75, 3.05) is 11.9 Å². The molecule has 0 amide bonds. The number of nitrogens with zero attached hydrogens (tertiary/aromatic N) is 1. The summed E-state index contributed by atoms with van der Waals surface area (Å²) in [7, 11) is 0. The van der Waals surface area contributed by atoms with E-state index in [0.717, 1.165) is 25.8 Å². The molecule has 0 unspecified atom stereocenters. The number of hydrogen-bond donors (Lipinski definition) is 1. The summed E-state index contributed by atoms with van der Waals surface area (Å²) in [6.45, 7) is 0.820. The SMILES string of the molecule is C#CCCCCNc1ccc(F)cn1. The van der Waals surface area contributed by atoms with Crippen molar-refractivity contribution in [1.29, 1.82) is 0 Å². The zero-order valence-electron chi connectivity index (χ0n) is 7.96. The van der Waals surface area contributed by atoms with E-state index >= 15 is 0 Å². The van der Waals surface area contributed by atoms with Crippen LogP contribution in [0, 0.1) is 18.2 Å². The highest BCUT2D eigenvalue weighted by atomic mass is 19.1. The van der Waals surface area contributed by atoms with Gasteiger partial charge in [0.2, 0.25) is 0 Å². The molecule has 74 valence electrons. The molecule has 0 saturated heterocycles. The van der Waals surface area contributed by atoms with Crippen molar-refractivity contribution in [3.63, 3.8) is 0 Å². The Hall–Kier alpha value is -1.56. The van der Waals surface area contributed by atoms with E-state index in [-0.39, 0.29) is 5.82 Å². The first kappa shape index (κ1) is 10.5. The molecule has 1 aromatic heterocycles. The highest BCUT2D eigenvalue weighted by Crippen LogP contribution is 2.03. The molecule has 1 heterocycles. The van der Waals surface area contributed by atoms with E-state index in [9.17, 15) is 4.39 Å². The largest absolute Gasteiger partial charge is 0.370 e. The number of unbranched alkanes of at least 4 members (excludes halogenated alkanes) is 2. The minimum absolute atomic E-state index is 0.317. The number of nitrogens with one attached hydrogen (secondary N) is 1. The summed E-state index contributed by atoms with van der Waals surface area (Å²) in [5.41, 5.74) is 0. The fourth-order valence-electron chi connectivity index (χ4n) is 1.05. The van der Waals surface area contributed by atoms with Gasteiger partial charge in [-0.1, -0.05) is 0 Å². The predicted molar refractivity (Wildman–Crippen MR) is 55.4 cm³/mol. The van der Waals surface area contributed by atoms with E-state index < -0.39 is 0 Å². The standard InChI is InChI=1S/C11H13FN2/c1-2-3-4-5-8-13-11-7-6-10(12)9-14-11/h1,6-7,9H,3-5,8H2,(H,13,14). The number of hydrogen-bond acceptors (Lipinski definition) is 2. The fourth-order valence-corrected chi connectivity index (χ4v) is 1.05. The van der Waals surface area contributed by atoms with Gasteiger partial charge in [-0.2, -0.15) is 0 Å². The molecule has 1 rings (SSSR count). The van der Waals surface area contributed by atoms with Crippen molar-refractivity contribution < 1.29 is 4.39 Å². The van der Waals surface area contributed by atoms with Crippen LogP contribution in [0.1, 0.15) is 19.3 Å². The van der Waals surface area contributed by atoms with Gasteiger partial charge in [-0.3, -0.25) is 0 Å². The average Bonchev–Trinajstić information content (AvgIpc) is 2.21. The van der Waals surface area contributed by atoms with Crippen molar-refractivity contribution in [1.82, 2.24) is 4.98 Å². The van der Waals surface area contributed by atoms with Gasteiger partial charge in [-0.15, -0.1) is 12.3 Å². The van der Waals surface area contributed by atoms with E-state index in [2.05, 4.69) is 16.2 Å². The zero-order valence-corrected chi connectivity index (χ0v) is 7.96. The molecule has 14 heavy (non-hydrogen) atoms. The summed E-state index contributed by atoms with van der Waals surface area (Å²) in [5.74, 6) is 2.97. The van der Waals surface area contributed by atoms with Gasteiger partial charge < -0.3 is 5.32 Å². The number of pyridine rings is 1. The summed E-state index contributed by atoms with van der Waals surface area (Å²) in [6.07, 6.45) is 9.12. The molecule has 2 nitrogen and oxygen atoms in total. The summed E-state index contributed by atoms with van der Waals surface area (Å²) in [4.78, 5) is 3.87. The second kappa shape index (κ2) is 5.98. The van der Waals surface area contributed by atoms with Crippen molar-refractivity contribution in [2.24, 2.45) is 0 Å². The topological polar surface area (TPSA) is 24.9 Å². The molecule has 0 spiro atoms. The van der Waals surface area contributed by atoms with Crippen molar-refractivity contribution in [2.45, 2.75) is 19.3 Å². The second-order valence-corrected chi connectivity index (χ2v) is 2.95. The van der Waals surface area contributed by atoms with Crippen LogP contribution in [-0.4, -0.2) is 11.5 Å². The van der Waals surface area contributed by atoms with Gasteiger partial charge in [0.05, 0.1) is 6.20 Å². The maximum atomic E-state index is 12.5. The van der Waals surface area contributed by atoms with Crippen LogP contribution in [0.2, 0.25) is 0 Å². The summed E-state index contributed by atoms with van der Waals surface area (Å²) >= 11 is 0. The number of rotatable bonds is 5. The molecule has 0 aliphatic heterocycles. The van der Waals surface area contributed by atoms with Gasteiger partial charge in [0, 0.05) is 13.0 Å². The van der Waals surface area contributed by atoms with E-state index in [1.165, 1.54) is 12.3 Å². The van der Waals surface area contributed by atoms with E-state index in [0.29, 0.717) is 5.82 Å². The lowest BCUT2D eigenvalue weighted by Gasteiger charge is -2.03. The van der Waals surface area contributed by atoms with Gasteiger partial charge in [-0.25, -0.2) is 9.37 Å². The monoisotopic (exact) mass is 192 g/mol. The van der Waals surface area contributed by atoms with E-state index in [1.54, 1.807) is 6.07 Å². The smallest absolute Gasteiger partial charge is 0.141 e. The first-order valence-electron chi connectivity index (χ1n) is 4.62. The molecule has 0 bridgehead atoms. The lowest BCUT2D eigenvalue weighted by molar-refractivity contribution is 0.621. The Balaban J connectivity index is 2.19. The van der Waals surface area contributed by atoms with Gasteiger partial charge in [0.25, 0.3) is 0 Å². The van der Waals surface area contributed by atoms with Crippen molar-refractivity contribution in [3.8, 4) is 12.3 Å². The van der Waals surface area contributed by atoms with Gasteiger partial charge >= 0.3 is 0 Å². The normalized spacial score (nSPS) is 9.43. The minimum Gasteiger partial charge on any atom is -0.370 e. The maximum absolute atomic E-state index is 12.5. The molecule has 1 aromatic rings.